The highest BCUT2D eigenvalue weighted by atomic mass is 14.0. The van der Waals surface area contributed by atoms with Gasteiger partial charge in [-0.15, -0.1) is 0 Å². The van der Waals surface area contributed by atoms with Crippen LogP contribution in [0, 0.1) is 0 Å². The first-order valence-electron chi connectivity index (χ1n) is 6.46. The number of benzene rings is 2. The second kappa shape index (κ2) is 5.67. The molecule has 0 aliphatic heterocycles. The summed E-state index contributed by atoms with van der Waals surface area (Å²) in [6.07, 6.45) is 6.09. The number of unbranched alkanes of at least 4 members (excludes halogenated alkanes) is 1. The summed E-state index contributed by atoms with van der Waals surface area (Å²) in [5.74, 6) is 0. The van der Waals surface area contributed by atoms with E-state index in [4.69, 9.17) is 0 Å². The molecular formula is C17H20. The van der Waals surface area contributed by atoms with E-state index in [2.05, 4.69) is 62.4 Å². The minimum absolute atomic E-state index is 1.21. The van der Waals surface area contributed by atoms with Crippen LogP contribution in [0.5, 0.6) is 0 Å². The summed E-state index contributed by atoms with van der Waals surface area (Å²) in [4.78, 5) is 0. The summed E-state index contributed by atoms with van der Waals surface area (Å²) in [6.45, 7) is 4.47. The van der Waals surface area contributed by atoms with Gasteiger partial charge >= 0.3 is 0 Å². The maximum atomic E-state index is 2.33. The highest BCUT2D eigenvalue weighted by molar-refractivity contribution is 5.90. The Kier molecular flexibility index (Phi) is 3.98. The van der Waals surface area contributed by atoms with Gasteiger partial charge in [0.25, 0.3) is 0 Å². The van der Waals surface area contributed by atoms with Crippen molar-refractivity contribution in [1.29, 1.82) is 0 Å². The Morgan fingerprint density at radius 1 is 1.06 bits per heavy atom. The summed E-state index contributed by atoms with van der Waals surface area (Å²) in [5, 5.41) is 2.68. The quantitative estimate of drug-likeness (QED) is 0.649. The standard InChI is InChI=1S/C17H20/c1-3-4-8-14(2)13-16-11-7-10-15-9-5-6-12-17(15)16/h5-7,9-13H,3-4,8H2,1-2H3. The highest BCUT2D eigenvalue weighted by Gasteiger charge is 1.98. The Labute approximate surface area is 104 Å². The average molecular weight is 224 g/mol. The Hall–Kier alpha value is -1.56. The van der Waals surface area contributed by atoms with E-state index in [1.54, 1.807) is 0 Å². The molecule has 0 spiro atoms. The highest BCUT2D eigenvalue weighted by Crippen LogP contribution is 2.21. The number of hydrogen-bond donors (Lipinski definition) is 0. The van der Waals surface area contributed by atoms with Gasteiger partial charge in [-0.25, -0.2) is 0 Å². The van der Waals surface area contributed by atoms with E-state index in [9.17, 15) is 0 Å². The van der Waals surface area contributed by atoms with Crippen LogP contribution in [0.4, 0.5) is 0 Å². The van der Waals surface area contributed by atoms with Crippen molar-refractivity contribution in [1.82, 2.24) is 0 Å². The largest absolute Gasteiger partial charge is 0.0727 e. The molecule has 0 nitrogen and oxygen atoms in total. The van der Waals surface area contributed by atoms with Gasteiger partial charge < -0.3 is 0 Å². The fourth-order valence-corrected chi connectivity index (χ4v) is 2.17. The van der Waals surface area contributed by atoms with Crippen LogP contribution < -0.4 is 0 Å². The van der Waals surface area contributed by atoms with Crippen molar-refractivity contribution in [3.05, 3.63) is 53.6 Å². The lowest BCUT2D eigenvalue weighted by Crippen LogP contribution is -1.81. The molecule has 0 aliphatic carbocycles. The first-order valence-corrected chi connectivity index (χ1v) is 6.46. The molecule has 2 rings (SSSR count). The maximum Gasteiger partial charge on any atom is -0.0111 e. The van der Waals surface area contributed by atoms with E-state index >= 15 is 0 Å². The average Bonchev–Trinajstić information content (AvgIpc) is 2.37. The summed E-state index contributed by atoms with van der Waals surface area (Å²) in [6, 6.07) is 15.1. The zero-order chi connectivity index (χ0) is 12.1. The van der Waals surface area contributed by atoms with Crippen LogP contribution in [-0.4, -0.2) is 0 Å². The number of rotatable bonds is 4. The van der Waals surface area contributed by atoms with Crippen LogP contribution >= 0.6 is 0 Å². The number of fused-ring (bicyclic) bond motifs is 1. The van der Waals surface area contributed by atoms with Crippen LogP contribution in [0.3, 0.4) is 0 Å². The predicted octanol–water partition coefficient (Wildman–Crippen LogP) is 5.43. The van der Waals surface area contributed by atoms with Gasteiger partial charge in [-0.05, 0) is 36.1 Å². The molecule has 0 saturated heterocycles. The first-order chi connectivity index (χ1) is 8.31. The van der Waals surface area contributed by atoms with Gasteiger partial charge in [0.05, 0.1) is 0 Å². The summed E-state index contributed by atoms with van der Waals surface area (Å²) in [7, 11) is 0. The Morgan fingerprint density at radius 3 is 2.65 bits per heavy atom. The summed E-state index contributed by atoms with van der Waals surface area (Å²) < 4.78 is 0. The van der Waals surface area contributed by atoms with Gasteiger partial charge in [-0.2, -0.15) is 0 Å². The second-order valence-electron chi connectivity index (χ2n) is 4.66. The topological polar surface area (TPSA) is 0 Å². The van der Waals surface area contributed by atoms with Crippen LogP contribution in [-0.2, 0) is 0 Å². The summed E-state index contributed by atoms with van der Waals surface area (Å²) >= 11 is 0. The minimum Gasteiger partial charge on any atom is -0.0727 e. The van der Waals surface area contributed by atoms with Gasteiger partial charge in [0.1, 0.15) is 0 Å². The van der Waals surface area contributed by atoms with Crippen molar-refractivity contribution < 1.29 is 0 Å². The molecule has 0 radical (unpaired) electrons. The van der Waals surface area contributed by atoms with E-state index in [0.29, 0.717) is 0 Å². The molecule has 17 heavy (non-hydrogen) atoms. The van der Waals surface area contributed by atoms with E-state index in [-0.39, 0.29) is 0 Å². The lowest BCUT2D eigenvalue weighted by atomic mass is 10.0. The molecule has 2 aromatic rings. The molecule has 0 fully saturated rings. The molecule has 0 atom stereocenters. The number of hydrogen-bond acceptors (Lipinski definition) is 0. The molecule has 0 N–H and O–H groups in total. The van der Waals surface area contributed by atoms with Gasteiger partial charge in [-0.1, -0.05) is 67.5 Å². The van der Waals surface area contributed by atoms with Crippen molar-refractivity contribution >= 4 is 16.8 Å². The molecule has 2 aromatic carbocycles. The smallest absolute Gasteiger partial charge is 0.0111 e. The van der Waals surface area contributed by atoms with E-state index < -0.39 is 0 Å². The monoisotopic (exact) mass is 224 g/mol. The molecule has 0 heteroatoms. The Balaban J connectivity index is 2.35. The fraction of sp³-hybridized carbons (Fsp3) is 0.294. The van der Waals surface area contributed by atoms with Gasteiger partial charge in [0.15, 0.2) is 0 Å². The van der Waals surface area contributed by atoms with Crippen LogP contribution in [0.25, 0.3) is 16.8 Å². The Morgan fingerprint density at radius 2 is 1.82 bits per heavy atom. The molecule has 0 heterocycles. The van der Waals surface area contributed by atoms with Crippen molar-refractivity contribution in [2.24, 2.45) is 0 Å². The van der Waals surface area contributed by atoms with E-state index in [1.807, 2.05) is 0 Å². The molecule has 0 aromatic heterocycles. The zero-order valence-corrected chi connectivity index (χ0v) is 10.7. The third-order valence-electron chi connectivity index (χ3n) is 3.15. The molecular weight excluding hydrogens is 204 g/mol. The summed E-state index contributed by atoms with van der Waals surface area (Å²) in [5.41, 5.74) is 2.82. The normalized spacial score (nSPS) is 12.0. The van der Waals surface area contributed by atoms with Crippen LogP contribution in [0.2, 0.25) is 0 Å². The van der Waals surface area contributed by atoms with Gasteiger partial charge in [0, 0.05) is 0 Å². The molecule has 0 aliphatic rings. The molecule has 0 unspecified atom stereocenters. The maximum absolute atomic E-state index is 2.33. The number of allylic oxidation sites excluding steroid dienone is 1. The van der Waals surface area contributed by atoms with Gasteiger partial charge in [-0.3, -0.25) is 0 Å². The SMILES string of the molecule is CCCCC(C)=Cc1cccc2ccccc12. The second-order valence-corrected chi connectivity index (χ2v) is 4.66. The van der Waals surface area contributed by atoms with Crippen molar-refractivity contribution in [2.75, 3.05) is 0 Å². The third kappa shape index (κ3) is 2.97. The molecule has 88 valence electrons. The van der Waals surface area contributed by atoms with Gasteiger partial charge in [0.2, 0.25) is 0 Å². The van der Waals surface area contributed by atoms with Crippen molar-refractivity contribution in [3.8, 4) is 0 Å². The first kappa shape index (κ1) is 11.9. The lowest BCUT2D eigenvalue weighted by molar-refractivity contribution is 0.790. The Bertz CT molecular complexity index is 515. The van der Waals surface area contributed by atoms with Crippen LogP contribution in [0.1, 0.15) is 38.7 Å². The van der Waals surface area contributed by atoms with E-state index in [0.717, 1.165) is 0 Å². The van der Waals surface area contributed by atoms with Crippen molar-refractivity contribution in [3.63, 3.8) is 0 Å². The minimum atomic E-state index is 1.21. The molecule has 0 bridgehead atoms. The third-order valence-corrected chi connectivity index (χ3v) is 3.15. The van der Waals surface area contributed by atoms with Crippen molar-refractivity contribution in [2.45, 2.75) is 33.1 Å². The predicted molar refractivity (Wildman–Crippen MR) is 77.1 cm³/mol. The van der Waals surface area contributed by atoms with Crippen LogP contribution in [0.15, 0.2) is 48.0 Å². The molecule has 0 saturated carbocycles. The van der Waals surface area contributed by atoms with E-state index in [1.165, 1.54) is 41.2 Å². The lowest BCUT2D eigenvalue weighted by Gasteiger charge is -2.04. The fourth-order valence-electron chi connectivity index (χ4n) is 2.17. The zero-order valence-electron chi connectivity index (χ0n) is 10.7. The molecule has 0 amide bonds.